The Bertz CT molecular complexity index is 882. The maximum Gasteiger partial charge on any atom is 0.244 e. The molecular weight excluding hydrogens is 376 g/mol. The quantitative estimate of drug-likeness (QED) is 0.846. The first-order valence-electron chi connectivity index (χ1n) is 8.22. The lowest BCUT2D eigenvalue weighted by Crippen LogP contribution is -2.49. The highest BCUT2D eigenvalue weighted by Gasteiger charge is 2.37. The van der Waals surface area contributed by atoms with Crippen LogP contribution in [0.3, 0.4) is 0 Å². The lowest BCUT2D eigenvalue weighted by Gasteiger charge is -2.35. The average molecular weight is 401 g/mol. The summed E-state index contributed by atoms with van der Waals surface area (Å²) < 4.78 is 35.5. The number of sulfonamides is 1. The minimum absolute atomic E-state index is 0. The lowest BCUT2D eigenvalue weighted by molar-refractivity contribution is 0.258. The second-order valence-corrected chi connectivity index (χ2v) is 8.11. The Morgan fingerprint density at radius 2 is 2.00 bits per heavy atom. The van der Waals surface area contributed by atoms with Crippen LogP contribution < -0.4 is 10.1 Å². The number of nitrogens with one attached hydrogen (secondary N) is 1. The van der Waals surface area contributed by atoms with Gasteiger partial charge in [-0.2, -0.15) is 4.31 Å². The molecule has 0 spiro atoms. The molecule has 26 heavy (non-hydrogen) atoms. The summed E-state index contributed by atoms with van der Waals surface area (Å²) >= 11 is 0. The van der Waals surface area contributed by atoms with E-state index in [1.54, 1.807) is 29.7 Å². The first kappa shape index (κ1) is 20.7. The van der Waals surface area contributed by atoms with Gasteiger partial charge in [0.15, 0.2) is 0 Å². The van der Waals surface area contributed by atoms with Crippen LogP contribution >= 0.6 is 12.4 Å². The summed E-state index contributed by atoms with van der Waals surface area (Å²) in [5, 5.41) is 3.27. The van der Waals surface area contributed by atoms with E-state index < -0.39 is 10.0 Å². The van der Waals surface area contributed by atoms with Gasteiger partial charge >= 0.3 is 0 Å². The van der Waals surface area contributed by atoms with Crippen molar-refractivity contribution in [1.29, 1.82) is 0 Å². The van der Waals surface area contributed by atoms with Crippen molar-refractivity contribution in [3.63, 3.8) is 0 Å². The Kier molecular flexibility index (Phi) is 6.33. The summed E-state index contributed by atoms with van der Waals surface area (Å²) in [4.78, 5) is 4.69. The van der Waals surface area contributed by atoms with E-state index >= 15 is 0 Å². The number of rotatable bonds is 4. The number of hydrogen-bond donors (Lipinski definition) is 1. The number of ether oxygens (including phenoxy) is 1. The summed E-state index contributed by atoms with van der Waals surface area (Å²) in [7, 11) is -0.182. The maximum atomic E-state index is 13.4. The highest BCUT2D eigenvalue weighted by Crippen LogP contribution is 2.32. The minimum atomic E-state index is -3.65. The molecule has 1 N–H and O–H groups in total. The fraction of sp³-hybridized carbons (Fsp3) is 0.471. The van der Waals surface area contributed by atoms with Crippen molar-refractivity contribution in [2.75, 3.05) is 26.7 Å². The van der Waals surface area contributed by atoms with Crippen molar-refractivity contribution < 1.29 is 13.2 Å². The summed E-state index contributed by atoms with van der Waals surface area (Å²) in [6, 6.07) is 3.02. The van der Waals surface area contributed by atoms with Crippen LogP contribution in [0.5, 0.6) is 5.75 Å². The average Bonchev–Trinajstić information content (AvgIpc) is 3.03. The SMILES string of the molecule is COc1ccc(S(=O)(=O)N2CCNCC2c2nccn2C)c(C)c1C.Cl. The summed E-state index contributed by atoms with van der Waals surface area (Å²) in [6.07, 6.45) is 3.52. The Labute approximate surface area is 160 Å². The molecule has 9 heteroatoms. The van der Waals surface area contributed by atoms with Gasteiger partial charge < -0.3 is 14.6 Å². The van der Waals surface area contributed by atoms with Crippen molar-refractivity contribution in [3.8, 4) is 5.75 Å². The molecule has 144 valence electrons. The third-order valence-corrected chi connectivity index (χ3v) is 6.90. The van der Waals surface area contributed by atoms with E-state index in [0.717, 1.165) is 17.0 Å². The highest BCUT2D eigenvalue weighted by atomic mass is 35.5. The molecular formula is C17H25ClN4O3S. The summed E-state index contributed by atoms with van der Waals surface area (Å²) in [6.45, 7) is 5.26. The third kappa shape index (κ3) is 3.46. The van der Waals surface area contributed by atoms with Gasteiger partial charge in [0.1, 0.15) is 11.6 Å². The molecule has 1 fully saturated rings. The molecule has 0 radical (unpaired) electrons. The lowest BCUT2D eigenvalue weighted by atomic mass is 10.1. The molecule has 1 aliphatic rings. The van der Waals surface area contributed by atoms with E-state index in [4.69, 9.17) is 4.74 Å². The number of benzene rings is 1. The number of hydrogen-bond acceptors (Lipinski definition) is 5. The normalized spacial score (nSPS) is 18.4. The number of halogens is 1. The number of piperazine rings is 1. The van der Waals surface area contributed by atoms with Crippen molar-refractivity contribution in [3.05, 3.63) is 41.5 Å². The number of aromatic nitrogens is 2. The van der Waals surface area contributed by atoms with Gasteiger partial charge in [-0.15, -0.1) is 12.4 Å². The predicted octanol–water partition coefficient (Wildman–Crippen LogP) is 1.80. The van der Waals surface area contributed by atoms with Crippen LogP contribution in [0, 0.1) is 13.8 Å². The van der Waals surface area contributed by atoms with Gasteiger partial charge in [-0.3, -0.25) is 0 Å². The molecule has 0 amide bonds. The smallest absolute Gasteiger partial charge is 0.244 e. The van der Waals surface area contributed by atoms with E-state index in [-0.39, 0.29) is 18.4 Å². The number of aryl methyl sites for hydroxylation is 1. The monoisotopic (exact) mass is 400 g/mol. The number of nitrogens with zero attached hydrogens (tertiary/aromatic N) is 3. The Hall–Kier alpha value is -1.61. The molecule has 1 aromatic carbocycles. The molecule has 0 bridgehead atoms. The zero-order valence-electron chi connectivity index (χ0n) is 15.4. The zero-order chi connectivity index (χ0) is 18.2. The largest absolute Gasteiger partial charge is 0.496 e. The summed E-state index contributed by atoms with van der Waals surface area (Å²) in [5.74, 6) is 1.43. The van der Waals surface area contributed by atoms with Gasteiger partial charge in [0.2, 0.25) is 10.0 Å². The van der Waals surface area contributed by atoms with Gasteiger partial charge in [0.25, 0.3) is 0 Å². The standard InChI is InChI=1S/C17H24N4O3S.ClH/c1-12-13(2)16(6-5-15(12)24-4)25(22,23)21-10-7-18-11-14(21)17-19-8-9-20(17)3;/h5-6,8-9,14,18H,7,10-11H2,1-4H3;1H. The van der Waals surface area contributed by atoms with Crippen LogP contribution in [0.2, 0.25) is 0 Å². The Morgan fingerprint density at radius 1 is 1.27 bits per heavy atom. The second kappa shape index (κ2) is 7.96. The molecule has 1 saturated heterocycles. The molecule has 7 nitrogen and oxygen atoms in total. The maximum absolute atomic E-state index is 13.4. The fourth-order valence-corrected chi connectivity index (χ4v) is 5.16. The van der Waals surface area contributed by atoms with Crippen LogP contribution in [0.25, 0.3) is 0 Å². The van der Waals surface area contributed by atoms with Crippen LogP contribution in [-0.2, 0) is 17.1 Å². The van der Waals surface area contributed by atoms with Crippen LogP contribution in [0.15, 0.2) is 29.4 Å². The molecule has 3 rings (SSSR count). The van der Waals surface area contributed by atoms with Gasteiger partial charge in [-0.25, -0.2) is 13.4 Å². The molecule has 1 unspecified atom stereocenters. The van der Waals surface area contributed by atoms with Gasteiger partial charge in [0.05, 0.1) is 18.0 Å². The first-order chi connectivity index (χ1) is 11.9. The Balaban J connectivity index is 0.00000243. The van der Waals surface area contributed by atoms with Crippen molar-refractivity contribution in [1.82, 2.24) is 19.2 Å². The van der Waals surface area contributed by atoms with Crippen LogP contribution in [0.4, 0.5) is 0 Å². The molecule has 1 aromatic heterocycles. The molecule has 2 heterocycles. The predicted molar refractivity (Wildman–Crippen MR) is 102 cm³/mol. The summed E-state index contributed by atoms with van der Waals surface area (Å²) in [5.41, 5.74) is 1.56. The molecule has 2 aromatic rings. The first-order valence-corrected chi connectivity index (χ1v) is 9.66. The number of imidazole rings is 1. The van der Waals surface area contributed by atoms with E-state index in [1.165, 1.54) is 0 Å². The molecule has 0 aliphatic carbocycles. The molecule has 1 aliphatic heterocycles. The molecule has 1 atom stereocenters. The highest BCUT2D eigenvalue weighted by molar-refractivity contribution is 7.89. The topological polar surface area (TPSA) is 76.5 Å². The van der Waals surface area contributed by atoms with Crippen molar-refractivity contribution in [2.24, 2.45) is 7.05 Å². The zero-order valence-corrected chi connectivity index (χ0v) is 17.0. The molecule has 0 saturated carbocycles. The number of methoxy groups -OCH3 is 1. The minimum Gasteiger partial charge on any atom is -0.496 e. The van der Waals surface area contributed by atoms with Crippen LogP contribution in [-0.4, -0.2) is 49.0 Å². The van der Waals surface area contributed by atoms with Crippen molar-refractivity contribution >= 4 is 22.4 Å². The van der Waals surface area contributed by atoms with E-state index in [1.807, 2.05) is 31.7 Å². The van der Waals surface area contributed by atoms with Crippen LogP contribution in [0.1, 0.15) is 23.0 Å². The van der Waals surface area contributed by atoms with E-state index in [9.17, 15) is 8.42 Å². The third-order valence-electron chi connectivity index (χ3n) is 4.85. The fourth-order valence-electron chi connectivity index (χ4n) is 3.29. The second-order valence-electron chi connectivity index (χ2n) is 6.25. The van der Waals surface area contributed by atoms with Gasteiger partial charge in [-0.05, 0) is 37.1 Å². The Morgan fingerprint density at radius 3 is 2.62 bits per heavy atom. The van der Waals surface area contributed by atoms with E-state index in [0.29, 0.717) is 30.3 Å². The van der Waals surface area contributed by atoms with Crippen molar-refractivity contribution in [2.45, 2.75) is 24.8 Å². The van der Waals surface area contributed by atoms with Gasteiger partial charge in [0, 0.05) is 39.1 Å². The van der Waals surface area contributed by atoms with Gasteiger partial charge in [-0.1, -0.05) is 0 Å². The van der Waals surface area contributed by atoms with E-state index in [2.05, 4.69) is 10.3 Å².